The van der Waals surface area contributed by atoms with Gasteiger partial charge >= 0.3 is 29.6 Å². The van der Waals surface area contributed by atoms with Crippen LogP contribution in [0.3, 0.4) is 0 Å². The van der Waals surface area contributed by atoms with E-state index in [0.717, 1.165) is 0 Å². The Kier molecular flexibility index (Phi) is 18.9. The van der Waals surface area contributed by atoms with E-state index in [0.29, 0.717) is 0 Å². The average molecular weight is 1050 g/mol. The Bertz CT molecular complexity index is 832. The summed E-state index contributed by atoms with van der Waals surface area (Å²) >= 11 is 153. The minimum Gasteiger partial charge on any atom is -0.326 e. The van der Waals surface area contributed by atoms with Crippen LogP contribution >= 0.6 is 290 Å². The fraction of sp³-hybridized carbons (Fsp3) is 0.917. The molecule has 0 saturated heterocycles. The number of hydrogen-bond donors (Lipinski definition) is 0. The predicted molar refractivity (Wildman–Crippen MR) is 180 cm³/mol. The van der Waals surface area contributed by atoms with Crippen molar-refractivity contribution in [3.63, 3.8) is 0 Å². The molecular weight excluding hydrogens is 1050 g/mol. The molecule has 0 aromatic carbocycles. The van der Waals surface area contributed by atoms with Gasteiger partial charge in [-0.2, -0.15) is 0 Å². The van der Waals surface area contributed by atoms with Crippen LogP contribution in [0, 0.1) is 4.84 Å². The SMILES string of the molecule is Cl[C-](Cl)C(Cl)(Cl)C(Cl)(Cl)C(Cl)(Cl)C(Cl)(Cl)C(Cl)(Cl)C(Cl)(Cl)C(Cl)(Cl)C(Cl)(Cl)C(Cl)(Cl)C(Cl)(Cl)C(Cl)(Cl)Cl.[Na+]. The van der Waals surface area contributed by atoms with Gasteiger partial charge in [0.05, 0.1) is 4.33 Å². The van der Waals surface area contributed by atoms with Crippen molar-refractivity contribution in [2.75, 3.05) is 0 Å². The van der Waals surface area contributed by atoms with Gasteiger partial charge in [-0.1, -0.05) is 244 Å². The molecule has 0 fully saturated rings. The summed E-state index contributed by atoms with van der Waals surface area (Å²) in [4.78, 5) is -0.903. The minimum absolute atomic E-state index is 0. The first-order valence-corrected chi connectivity index (χ1v) is 16.9. The summed E-state index contributed by atoms with van der Waals surface area (Å²) < 4.78 is -34.2. The topological polar surface area (TPSA) is 0 Å². The predicted octanol–water partition coefficient (Wildman–Crippen LogP) is 12.1. The third-order valence-electron chi connectivity index (χ3n) is 4.14. The molecule has 0 nitrogen and oxygen atoms in total. The summed E-state index contributed by atoms with van der Waals surface area (Å²) in [5.41, 5.74) is 0. The summed E-state index contributed by atoms with van der Waals surface area (Å²) in [6, 6.07) is 0. The molecule has 0 N–H and O–H groups in total. The average Bonchev–Trinajstić information content (AvgIpc) is 2.65. The van der Waals surface area contributed by atoms with Gasteiger partial charge in [-0.25, -0.2) is 0 Å². The molecule has 0 amide bonds. The molecule has 0 atom stereocenters. The van der Waals surface area contributed by atoms with Crippen LogP contribution in [-0.2, 0) is 0 Å². The maximum absolute atomic E-state index is 6.36. The van der Waals surface area contributed by atoms with Crippen LogP contribution in [0.15, 0.2) is 0 Å². The first-order chi connectivity index (χ1) is 15.4. The second-order valence-electron chi connectivity index (χ2n) is 6.50. The molecule has 0 rings (SSSR count). The molecule has 0 saturated carbocycles. The Balaban J connectivity index is 0. The Labute approximate surface area is 365 Å². The molecule has 0 radical (unpaired) electrons. The van der Waals surface area contributed by atoms with Crippen LogP contribution in [0.2, 0.25) is 0 Å². The van der Waals surface area contributed by atoms with Crippen molar-refractivity contribution >= 4 is 290 Å². The molecule has 0 heterocycles. The van der Waals surface area contributed by atoms with E-state index >= 15 is 0 Å². The Hall–Kier alpha value is 8.25. The molecule has 0 spiro atoms. The van der Waals surface area contributed by atoms with E-state index in [1.807, 2.05) is 0 Å². The summed E-state index contributed by atoms with van der Waals surface area (Å²) in [6.07, 6.45) is 0. The maximum atomic E-state index is 6.36. The third kappa shape index (κ3) is 7.62. The van der Waals surface area contributed by atoms with Crippen LogP contribution < -0.4 is 29.6 Å². The van der Waals surface area contributed by atoms with Gasteiger partial charge in [0, 0.05) is 0 Å². The molecule has 26 heteroatoms. The number of rotatable bonds is 10. The van der Waals surface area contributed by atoms with Gasteiger partial charge in [0.15, 0.2) is 34.7 Å². The van der Waals surface area contributed by atoms with E-state index in [-0.39, 0.29) is 29.6 Å². The van der Waals surface area contributed by atoms with E-state index in [4.69, 9.17) is 290 Å². The molecule has 224 valence electrons. The second-order valence-corrected chi connectivity index (χ2v) is 23.0. The van der Waals surface area contributed by atoms with Crippen molar-refractivity contribution in [2.24, 2.45) is 0 Å². The van der Waals surface area contributed by atoms with Gasteiger partial charge in [0.1, 0.15) is 0 Å². The molecular formula is C12Cl25Na. The molecule has 0 bridgehead atoms. The van der Waals surface area contributed by atoms with E-state index in [1.165, 1.54) is 0 Å². The van der Waals surface area contributed by atoms with Crippen LogP contribution in [-0.4, -0.2) is 47.1 Å². The van der Waals surface area contributed by atoms with Crippen molar-refractivity contribution in [3.05, 3.63) is 4.84 Å². The molecule has 0 unspecified atom stereocenters. The monoisotopic (exact) mass is 1040 g/mol. The molecule has 0 aliphatic carbocycles. The van der Waals surface area contributed by atoms with Crippen molar-refractivity contribution in [2.45, 2.75) is 47.1 Å². The Morgan fingerprint density at radius 3 is 0.579 bits per heavy atom. The van der Waals surface area contributed by atoms with Gasteiger partial charge in [-0.05, 0) is 0 Å². The number of hydrogen-bond acceptors (Lipinski definition) is 0. The van der Waals surface area contributed by atoms with Crippen LogP contribution in [0.1, 0.15) is 0 Å². The first kappa shape index (κ1) is 48.4. The van der Waals surface area contributed by atoms with Gasteiger partial charge in [-0.3, -0.25) is 0 Å². The van der Waals surface area contributed by atoms with Crippen LogP contribution in [0.5, 0.6) is 0 Å². The minimum atomic E-state index is -3.33. The van der Waals surface area contributed by atoms with Crippen LogP contribution in [0.25, 0.3) is 0 Å². The normalized spacial score (nSPS) is 16.6. The van der Waals surface area contributed by atoms with Crippen molar-refractivity contribution in [1.82, 2.24) is 0 Å². The second kappa shape index (κ2) is 14.8. The molecule has 0 aliphatic heterocycles. The first-order valence-electron chi connectivity index (χ1n) is 7.47. The number of alkyl halides is 23. The smallest absolute Gasteiger partial charge is 0.326 e. The van der Waals surface area contributed by atoms with Crippen molar-refractivity contribution in [3.8, 4) is 0 Å². The fourth-order valence-corrected chi connectivity index (χ4v) is 9.62. The van der Waals surface area contributed by atoms with Crippen molar-refractivity contribution in [1.29, 1.82) is 0 Å². The quantitative estimate of drug-likeness (QED) is 0.116. The van der Waals surface area contributed by atoms with Gasteiger partial charge in [0.2, 0.25) is 8.13 Å². The van der Waals surface area contributed by atoms with E-state index in [1.54, 1.807) is 0 Å². The largest absolute Gasteiger partial charge is 1.00 e. The Morgan fingerprint density at radius 2 is 0.421 bits per heavy atom. The van der Waals surface area contributed by atoms with Crippen LogP contribution in [0.4, 0.5) is 0 Å². The number of halogens is 25. The van der Waals surface area contributed by atoms with Gasteiger partial charge in [-0.15, -0.1) is 28.0 Å². The summed E-state index contributed by atoms with van der Waals surface area (Å²) in [7, 11) is 0. The van der Waals surface area contributed by atoms with E-state index in [9.17, 15) is 0 Å². The van der Waals surface area contributed by atoms with E-state index < -0.39 is 52.0 Å². The van der Waals surface area contributed by atoms with Crippen molar-refractivity contribution < 1.29 is 29.6 Å². The molecule has 0 aliphatic rings. The zero-order valence-corrected chi connectivity index (χ0v) is 37.3. The Morgan fingerprint density at radius 1 is 0.263 bits per heavy atom. The molecule has 38 heavy (non-hydrogen) atoms. The maximum Gasteiger partial charge on any atom is 1.00 e. The van der Waals surface area contributed by atoms with Gasteiger partial charge in [0.25, 0.3) is 0 Å². The third-order valence-corrected chi connectivity index (χ3v) is 21.2. The summed E-state index contributed by atoms with van der Waals surface area (Å²) in [5.74, 6) is 0. The zero-order chi connectivity index (χ0) is 31.1. The van der Waals surface area contributed by atoms with Gasteiger partial charge < -0.3 is 23.2 Å². The molecule has 0 aromatic rings. The van der Waals surface area contributed by atoms with E-state index in [2.05, 4.69) is 0 Å². The zero-order valence-electron chi connectivity index (χ0n) is 16.4. The standard InChI is InChI=1S/C12Cl25.Na/c13-1(14)2(15,16)3(17,18)4(19,20)5(21,22)6(23,24)7(25,26)8(27,28)9(29,30)10(31,32)11(33,34)12(35,36)37;/q-1;+1. The summed E-state index contributed by atoms with van der Waals surface area (Å²) in [6.45, 7) is 0. The molecule has 0 aromatic heterocycles. The fourth-order valence-electron chi connectivity index (χ4n) is 1.87. The summed E-state index contributed by atoms with van der Waals surface area (Å²) in [5, 5.41) is 0.